The van der Waals surface area contributed by atoms with Crippen molar-refractivity contribution in [2.24, 2.45) is 0 Å². The predicted molar refractivity (Wildman–Crippen MR) is 153 cm³/mol. The van der Waals surface area contributed by atoms with Gasteiger partial charge in [-0.25, -0.2) is 0 Å². The molecular weight excluding hydrogens is 478 g/mol. The molecule has 0 amide bonds. The van der Waals surface area contributed by atoms with Gasteiger partial charge in [-0.3, -0.25) is 0 Å². The van der Waals surface area contributed by atoms with E-state index in [9.17, 15) is 0 Å². The second-order valence-electron chi connectivity index (χ2n) is 11.3. The van der Waals surface area contributed by atoms with Gasteiger partial charge in [0.05, 0.1) is 26.2 Å². The van der Waals surface area contributed by atoms with Gasteiger partial charge in [0.2, 0.25) is 0 Å². The van der Waals surface area contributed by atoms with Gasteiger partial charge in [0.1, 0.15) is 0 Å². The fourth-order valence-electron chi connectivity index (χ4n) is 5.50. The quantitative estimate of drug-likeness (QED) is 0.0685. The standard InChI is InChI=1S/C32H68N.BrH/c1-5-9-13-14-15-16-17-18-19-20-21-22-23-24-25-26-27-28-32-33(29-10-6-2,30-11-7-3)31-12-8-4;/h5-32H2,1-4H3;1H/q+1;/p-1. The van der Waals surface area contributed by atoms with Crippen LogP contribution < -0.4 is 17.0 Å². The lowest BCUT2D eigenvalue weighted by molar-refractivity contribution is -0.929. The van der Waals surface area contributed by atoms with E-state index >= 15 is 0 Å². The van der Waals surface area contributed by atoms with Gasteiger partial charge in [0.15, 0.2) is 0 Å². The Morgan fingerprint density at radius 3 is 0.735 bits per heavy atom. The Balaban J connectivity index is 0. The molecule has 2 heteroatoms. The largest absolute Gasteiger partial charge is 1.00 e. The molecule has 0 aliphatic carbocycles. The summed E-state index contributed by atoms with van der Waals surface area (Å²) in [5, 5.41) is 0. The van der Waals surface area contributed by atoms with Gasteiger partial charge in [0, 0.05) is 0 Å². The average Bonchev–Trinajstić information content (AvgIpc) is 2.83. The highest BCUT2D eigenvalue weighted by molar-refractivity contribution is 4.53. The van der Waals surface area contributed by atoms with Crippen LogP contribution in [-0.2, 0) is 0 Å². The van der Waals surface area contributed by atoms with Crippen molar-refractivity contribution in [3.8, 4) is 0 Å². The SMILES string of the molecule is CCCCCCCCCCCCCCCCCCCC[N+](CCCC)(CCCC)CCCC.[Br-]. The van der Waals surface area contributed by atoms with Crippen LogP contribution in [0.25, 0.3) is 0 Å². The van der Waals surface area contributed by atoms with Crippen LogP contribution in [0.5, 0.6) is 0 Å². The third-order valence-electron chi connectivity index (χ3n) is 7.94. The number of nitrogens with zero attached hydrogens (tertiary/aromatic N) is 1. The predicted octanol–water partition coefficient (Wildman–Crippen LogP) is 8.25. The Kier molecular flexibility index (Phi) is 31.9. The van der Waals surface area contributed by atoms with Gasteiger partial charge in [-0.15, -0.1) is 0 Å². The second-order valence-corrected chi connectivity index (χ2v) is 11.3. The van der Waals surface area contributed by atoms with Crippen LogP contribution >= 0.6 is 0 Å². The van der Waals surface area contributed by atoms with E-state index in [1.165, 1.54) is 185 Å². The van der Waals surface area contributed by atoms with Crippen molar-refractivity contribution in [2.45, 2.75) is 182 Å². The molecule has 34 heavy (non-hydrogen) atoms. The van der Waals surface area contributed by atoms with Gasteiger partial charge >= 0.3 is 0 Å². The van der Waals surface area contributed by atoms with Crippen molar-refractivity contribution in [2.75, 3.05) is 26.2 Å². The van der Waals surface area contributed by atoms with E-state index in [4.69, 9.17) is 0 Å². The van der Waals surface area contributed by atoms with Crippen molar-refractivity contribution < 1.29 is 21.5 Å². The third kappa shape index (κ3) is 24.1. The number of unbranched alkanes of at least 4 members (excludes halogenated alkanes) is 20. The molecule has 0 aromatic rings. The highest BCUT2D eigenvalue weighted by Gasteiger charge is 2.24. The van der Waals surface area contributed by atoms with E-state index in [1.54, 1.807) is 0 Å². The summed E-state index contributed by atoms with van der Waals surface area (Å²) in [7, 11) is 0. The van der Waals surface area contributed by atoms with Crippen LogP contribution in [0, 0.1) is 0 Å². The molecule has 1 nitrogen and oxygen atoms in total. The molecule has 0 atom stereocenters. The molecule has 0 rings (SSSR count). The summed E-state index contributed by atoms with van der Waals surface area (Å²) < 4.78 is 1.44. The molecule has 0 unspecified atom stereocenters. The van der Waals surface area contributed by atoms with Gasteiger partial charge in [-0.2, -0.15) is 0 Å². The van der Waals surface area contributed by atoms with E-state index in [-0.39, 0.29) is 17.0 Å². The lowest BCUT2D eigenvalue weighted by Crippen LogP contribution is -3.00. The van der Waals surface area contributed by atoms with E-state index in [0.29, 0.717) is 0 Å². The lowest BCUT2D eigenvalue weighted by Gasteiger charge is -2.39. The van der Waals surface area contributed by atoms with Crippen molar-refractivity contribution in [1.29, 1.82) is 0 Å². The summed E-state index contributed by atoms with van der Waals surface area (Å²) in [6, 6.07) is 0. The number of halogens is 1. The Morgan fingerprint density at radius 1 is 0.265 bits per heavy atom. The summed E-state index contributed by atoms with van der Waals surface area (Å²) in [6.45, 7) is 15.2. The second kappa shape index (κ2) is 29.7. The monoisotopic (exact) mass is 545 g/mol. The summed E-state index contributed by atoms with van der Waals surface area (Å²) in [6.07, 6.45) is 34.9. The third-order valence-corrected chi connectivity index (χ3v) is 7.94. The fourth-order valence-corrected chi connectivity index (χ4v) is 5.50. The van der Waals surface area contributed by atoms with Crippen LogP contribution in [0.4, 0.5) is 0 Å². The van der Waals surface area contributed by atoms with E-state index in [0.717, 1.165) is 0 Å². The van der Waals surface area contributed by atoms with Crippen molar-refractivity contribution >= 4 is 0 Å². The molecule has 0 heterocycles. The Labute approximate surface area is 229 Å². The van der Waals surface area contributed by atoms with Crippen LogP contribution in [0.15, 0.2) is 0 Å². The molecule has 0 aliphatic rings. The van der Waals surface area contributed by atoms with Crippen LogP contribution in [-0.4, -0.2) is 30.7 Å². The normalized spacial score (nSPS) is 11.6. The molecule has 0 saturated heterocycles. The maximum atomic E-state index is 2.37. The molecule has 0 saturated carbocycles. The first-order chi connectivity index (χ1) is 16.2. The van der Waals surface area contributed by atoms with Gasteiger partial charge in [0.25, 0.3) is 0 Å². The first-order valence-electron chi connectivity index (χ1n) is 16.1. The van der Waals surface area contributed by atoms with Crippen molar-refractivity contribution in [1.82, 2.24) is 0 Å². The molecule has 0 N–H and O–H groups in total. The molecular formula is C32H68BrN. The van der Waals surface area contributed by atoms with Crippen molar-refractivity contribution in [3.05, 3.63) is 0 Å². The highest BCUT2D eigenvalue weighted by atomic mass is 79.9. The minimum absolute atomic E-state index is 0. The summed E-state index contributed by atoms with van der Waals surface area (Å²) >= 11 is 0. The Bertz CT molecular complexity index is 335. The molecule has 0 bridgehead atoms. The number of hydrogen-bond acceptors (Lipinski definition) is 0. The topological polar surface area (TPSA) is 0 Å². The minimum atomic E-state index is 0. The molecule has 0 aliphatic heterocycles. The number of quaternary nitrogens is 1. The number of hydrogen-bond donors (Lipinski definition) is 0. The van der Waals surface area contributed by atoms with Crippen molar-refractivity contribution in [3.63, 3.8) is 0 Å². The highest BCUT2D eigenvalue weighted by Crippen LogP contribution is 2.18. The average molecular weight is 547 g/mol. The zero-order chi connectivity index (χ0) is 24.3. The smallest absolute Gasteiger partial charge is 0.0786 e. The van der Waals surface area contributed by atoms with Gasteiger partial charge < -0.3 is 21.5 Å². The molecule has 208 valence electrons. The zero-order valence-corrected chi connectivity index (χ0v) is 26.2. The van der Waals surface area contributed by atoms with Gasteiger partial charge in [-0.05, 0) is 32.1 Å². The Hall–Kier alpha value is 0.440. The molecule has 0 radical (unpaired) electrons. The number of rotatable bonds is 28. The summed E-state index contributed by atoms with van der Waals surface area (Å²) in [4.78, 5) is 0. The van der Waals surface area contributed by atoms with E-state index in [2.05, 4.69) is 27.7 Å². The molecule has 0 aromatic heterocycles. The van der Waals surface area contributed by atoms with Crippen LogP contribution in [0.2, 0.25) is 0 Å². The lowest BCUT2D eigenvalue weighted by atomic mass is 10.0. The van der Waals surface area contributed by atoms with Crippen LogP contribution in [0.1, 0.15) is 182 Å². The minimum Gasteiger partial charge on any atom is -1.00 e. The summed E-state index contributed by atoms with van der Waals surface area (Å²) in [5.74, 6) is 0. The maximum absolute atomic E-state index is 2.37. The molecule has 0 spiro atoms. The first kappa shape index (κ1) is 36.6. The fraction of sp³-hybridized carbons (Fsp3) is 1.00. The molecule has 0 aromatic carbocycles. The zero-order valence-electron chi connectivity index (χ0n) is 24.6. The molecule has 0 fully saturated rings. The summed E-state index contributed by atoms with van der Waals surface area (Å²) in [5.41, 5.74) is 0. The maximum Gasteiger partial charge on any atom is 0.0786 e. The Morgan fingerprint density at radius 2 is 0.471 bits per heavy atom. The van der Waals surface area contributed by atoms with E-state index in [1.807, 2.05) is 0 Å². The van der Waals surface area contributed by atoms with E-state index < -0.39 is 0 Å². The first-order valence-corrected chi connectivity index (χ1v) is 16.1. The van der Waals surface area contributed by atoms with Gasteiger partial charge in [-0.1, -0.05) is 150 Å². The van der Waals surface area contributed by atoms with Crippen LogP contribution in [0.3, 0.4) is 0 Å².